The molecule has 0 aromatic carbocycles. The first kappa shape index (κ1) is 15.0. The van der Waals surface area contributed by atoms with E-state index in [4.69, 9.17) is 14.9 Å². The number of aromatic nitrogens is 4. The van der Waals surface area contributed by atoms with Gasteiger partial charge < -0.3 is 20.0 Å². The highest BCUT2D eigenvalue weighted by Gasteiger charge is 2.44. The molecule has 1 aliphatic rings. The molecule has 0 radical (unpaired) electrons. The van der Waals surface area contributed by atoms with Crippen LogP contribution in [0.15, 0.2) is 29.3 Å². The number of aliphatic hydroxyl groups is 1. The van der Waals surface area contributed by atoms with Gasteiger partial charge >= 0.3 is 0 Å². The zero-order valence-corrected chi connectivity index (χ0v) is 12.8. The van der Waals surface area contributed by atoms with E-state index < -0.39 is 24.3 Å². The van der Waals surface area contributed by atoms with E-state index in [1.54, 1.807) is 13.0 Å². The van der Waals surface area contributed by atoms with E-state index >= 15 is 0 Å². The molecule has 0 aliphatic carbocycles. The van der Waals surface area contributed by atoms with Gasteiger partial charge in [-0.1, -0.05) is 6.92 Å². The molecule has 0 bridgehead atoms. The van der Waals surface area contributed by atoms with E-state index in [9.17, 15) is 9.50 Å². The Bertz CT molecular complexity index is 866. The number of nitrogen functional groups attached to an aromatic ring is 1. The van der Waals surface area contributed by atoms with Crippen molar-refractivity contribution < 1.29 is 18.7 Å². The van der Waals surface area contributed by atoms with E-state index in [1.807, 2.05) is 0 Å². The summed E-state index contributed by atoms with van der Waals surface area (Å²) < 4.78 is 27.3. The SMILES string of the molecule is C[C@H]1[C@@H](F)[C@H](c2cc(-c3ncco3)c3c(N)ncnn23)O[C@@H]1CO. The highest BCUT2D eigenvalue weighted by Crippen LogP contribution is 2.42. The number of fused-ring (bicyclic) bond motifs is 1. The molecule has 1 saturated heterocycles. The van der Waals surface area contributed by atoms with Crippen LogP contribution in [0.1, 0.15) is 18.7 Å². The van der Waals surface area contributed by atoms with Crippen molar-refractivity contribution in [2.45, 2.75) is 25.3 Å². The summed E-state index contributed by atoms with van der Waals surface area (Å²) in [5.41, 5.74) is 7.49. The molecule has 3 aromatic rings. The Morgan fingerprint density at radius 2 is 2.25 bits per heavy atom. The molecule has 0 saturated carbocycles. The molecular formula is C15H16FN5O3. The standard InChI is InChI=1S/C15H16FN5O3/c1-7-10(5-22)24-13(11(7)16)9-4-8(15-18-2-3-23-15)12-14(17)19-6-20-21(9)12/h2-4,6-7,10-11,13,22H,5H2,1H3,(H2,17,19,20)/t7-,10-,11-,13+/m1/s1. The molecule has 4 atom stereocenters. The molecule has 8 nitrogen and oxygen atoms in total. The number of oxazole rings is 1. The summed E-state index contributed by atoms with van der Waals surface area (Å²) in [4.78, 5) is 8.10. The number of aliphatic hydroxyl groups excluding tert-OH is 1. The summed E-state index contributed by atoms with van der Waals surface area (Å²) in [7, 11) is 0. The number of hydrogen-bond donors (Lipinski definition) is 2. The Hall–Kier alpha value is -2.52. The average Bonchev–Trinajstić information content (AvgIpc) is 3.28. The first-order valence-electron chi connectivity index (χ1n) is 7.54. The van der Waals surface area contributed by atoms with Crippen LogP contribution in [0.2, 0.25) is 0 Å². The minimum Gasteiger partial charge on any atom is -0.444 e. The number of nitrogens with zero attached hydrogens (tertiary/aromatic N) is 4. The van der Waals surface area contributed by atoms with Crippen molar-refractivity contribution in [2.75, 3.05) is 12.3 Å². The maximum absolute atomic E-state index is 14.7. The van der Waals surface area contributed by atoms with E-state index in [2.05, 4.69) is 15.1 Å². The summed E-state index contributed by atoms with van der Waals surface area (Å²) in [6.07, 6.45) is 1.51. The van der Waals surface area contributed by atoms with Gasteiger partial charge in [0.05, 0.1) is 30.2 Å². The van der Waals surface area contributed by atoms with Crippen molar-refractivity contribution in [3.8, 4) is 11.5 Å². The maximum atomic E-state index is 14.7. The summed E-state index contributed by atoms with van der Waals surface area (Å²) >= 11 is 0. The van der Waals surface area contributed by atoms with Gasteiger partial charge in [0.25, 0.3) is 0 Å². The van der Waals surface area contributed by atoms with Gasteiger partial charge in [-0.2, -0.15) is 5.10 Å². The van der Waals surface area contributed by atoms with E-state index in [1.165, 1.54) is 23.3 Å². The number of hydrogen-bond acceptors (Lipinski definition) is 7. The summed E-state index contributed by atoms with van der Waals surface area (Å²) in [6.45, 7) is 1.46. The van der Waals surface area contributed by atoms with Crippen LogP contribution in [0.5, 0.6) is 0 Å². The van der Waals surface area contributed by atoms with Gasteiger partial charge in [0.15, 0.2) is 5.82 Å². The van der Waals surface area contributed by atoms with Crippen LogP contribution in [0.25, 0.3) is 17.0 Å². The second kappa shape index (κ2) is 5.53. The lowest BCUT2D eigenvalue weighted by molar-refractivity contribution is -0.00711. The zero-order valence-electron chi connectivity index (χ0n) is 12.8. The van der Waals surface area contributed by atoms with Crippen molar-refractivity contribution >= 4 is 11.3 Å². The maximum Gasteiger partial charge on any atom is 0.228 e. The Labute approximate surface area is 136 Å². The summed E-state index contributed by atoms with van der Waals surface area (Å²) in [5, 5.41) is 13.5. The van der Waals surface area contributed by atoms with Gasteiger partial charge in [0.2, 0.25) is 5.89 Å². The van der Waals surface area contributed by atoms with Crippen LogP contribution < -0.4 is 5.73 Å². The number of halogens is 1. The third kappa shape index (κ3) is 2.09. The Morgan fingerprint density at radius 1 is 1.42 bits per heavy atom. The predicted octanol–water partition coefficient (Wildman–Crippen LogP) is 1.37. The molecule has 24 heavy (non-hydrogen) atoms. The topological polar surface area (TPSA) is 112 Å². The third-order valence-corrected chi connectivity index (χ3v) is 4.44. The molecule has 0 amide bonds. The number of ether oxygens (including phenoxy) is 1. The quantitative estimate of drug-likeness (QED) is 0.744. The van der Waals surface area contributed by atoms with Crippen LogP contribution in [0.4, 0.5) is 10.2 Å². The predicted molar refractivity (Wildman–Crippen MR) is 81.7 cm³/mol. The lowest BCUT2D eigenvalue weighted by Crippen LogP contribution is -2.21. The Balaban J connectivity index is 1.90. The van der Waals surface area contributed by atoms with Gasteiger partial charge in [-0.25, -0.2) is 18.9 Å². The number of nitrogens with two attached hydrogens (primary N) is 1. The van der Waals surface area contributed by atoms with Gasteiger partial charge in [0, 0.05) is 5.92 Å². The Morgan fingerprint density at radius 3 is 2.92 bits per heavy atom. The van der Waals surface area contributed by atoms with Crippen molar-refractivity contribution in [2.24, 2.45) is 5.92 Å². The molecule has 1 fully saturated rings. The molecule has 126 valence electrons. The van der Waals surface area contributed by atoms with E-state index in [-0.39, 0.29) is 12.4 Å². The Kier molecular flexibility index (Phi) is 3.47. The van der Waals surface area contributed by atoms with Crippen LogP contribution in [0, 0.1) is 5.92 Å². The second-order valence-corrected chi connectivity index (χ2v) is 5.81. The van der Waals surface area contributed by atoms with Gasteiger partial charge in [-0.3, -0.25) is 0 Å². The van der Waals surface area contributed by atoms with Crippen LogP contribution in [0.3, 0.4) is 0 Å². The summed E-state index contributed by atoms with van der Waals surface area (Å²) in [5.74, 6) is 0.125. The smallest absolute Gasteiger partial charge is 0.228 e. The minimum atomic E-state index is -1.28. The number of alkyl halides is 1. The molecule has 3 N–H and O–H groups in total. The first-order chi connectivity index (χ1) is 11.6. The third-order valence-electron chi connectivity index (χ3n) is 4.44. The van der Waals surface area contributed by atoms with E-state index in [0.717, 1.165) is 0 Å². The van der Waals surface area contributed by atoms with Crippen molar-refractivity contribution in [3.05, 3.63) is 30.5 Å². The molecule has 1 aliphatic heterocycles. The minimum absolute atomic E-state index is 0.226. The fraction of sp³-hybridized carbons (Fsp3) is 0.400. The highest BCUT2D eigenvalue weighted by atomic mass is 19.1. The van der Waals surface area contributed by atoms with Crippen molar-refractivity contribution in [3.63, 3.8) is 0 Å². The van der Waals surface area contributed by atoms with Crippen LogP contribution in [-0.4, -0.2) is 43.6 Å². The fourth-order valence-corrected chi connectivity index (χ4v) is 3.12. The number of anilines is 1. The van der Waals surface area contributed by atoms with Gasteiger partial charge in [-0.15, -0.1) is 0 Å². The molecule has 4 heterocycles. The number of rotatable bonds is 3. The molecule has 0 spiro atoms. The first-order valence-corrected chi connectivity index (χ1v) is 7.54. The average molecular weight is 333 g/mol. The van der Waals surface area contributed by atoms with Crippen LogP contribution >= 0.6 is 0 Å². The van der Waals surface area contributed by atoms with Crippen molar-refractivity contribution in [1.82, 2.24) is 19.6 Å². The van der Waals surface area contributed by atoms with Crippen LogP contribution in [-0.2, 0) is 4.74 Å². The van der Waals surface area contributed by atoms with E-state index in [0.29, 0.717) is 22.7 Å². The summed E-state index contributed by atoms with van der Waals surface area (Å²) in [6, 6.07) is 1.69. The highest BCUT2D eigenvalue weighted by molar-refractivity contribution is 5.85. The second-order valence-electron chi connectivity index (χ2n) is 5.81. The molecule has 9 heteroatoms. The largest absolute Gasteiger partial charge is 0.444 e. The van der Waals surface area contributed by atoms with Gasteiger partial charge in [-0.05, 0) is 6.07 Å². The van der Waals surface area contributed by atoms with Crippen molar-refractivity contribution in [1.29, 1.82) is 0 Å². The molecule has 3 aromatic heterocycles. The lowest BCUT2D eigenvalue weighted by atomic mass is 9.99. The van der Waals surface area contributed by atoms with Gasteiger partial charge in [0.1, 0.15) is 30.4 Å². The lowest BCUT2D eigenvalue weighted by Gasteiger charge is -2.13. The fourth-order valence-electron chi connectivity index (χ4n) is 3.12. The monoisotopic (exact) mass is 333 g/mol. The molecule has 0 unspecified atom stereocenters. The zero-order chi connectivity index (χ0) is 16.8. The molecule has 4 rings (SSSR count). The normalized spacial score (nSPS) is 27.1. The molecular weight excluding hydrogens is 317 g/mol.